The SMILES string of the molecule is CCc1cc(CS(=O)(=O)[O-])cc(CO)c1O.[Na+]. The molecule has 0 aliphatic heterocycles. The Bertz CT molecular complexity index is 458. The first-order chi connectivity index (χ1) is 7.37. The molecule has 7 heteroatoms. The van der Waals surface area contributed by atoms with Crippen molar-refractivity contribution in [3.05, 3.63) is 28.8 Å². The van der Waals surface area contributed by atoms with E-state index in [-0.39, 0.29) is 46.4 Å². The van der Waals surface area contributed by atoms with Gasteiger partial charge in [0, 0.05) is 5.56 Å². The summed E-state index contributed by atoms with van der Waals surface area (Å²) in [6.07, 6.45) is 0.492. The van der Waals surface area contributed by atoms with E-state index < -0.39 is 22.5 Å². The molecule has 1 aromatic rings. The topological polar surface area (TPSA) is 97.7 Å². The zero-order valence-electron chi connectivity index (χ0n) is 9.80. The van der Waals surface area contributed by atoms with E-state index in [4.69, 9.17) is 5.11 Å². The van der Waals surface area contributed by atoms with Crippen molar-refractivity contribution in [2.24, 2.45) is 0 Å². The minimum absolute atomic E-state index is 0. The van der Waals surface area contributed by atoms with Crippen LogP contribution in [0.2, 0.25) is 0 Å². The summed E-state index contributed by atoms with van der Waals surface area (Å²) >= 11 is 0. The Kier molecular flexibility index (Phi) is 6.68. The Labute approximate surface area is 123 Å². The number of aliphatic hydroxyl groups is 1. The predicted octanol–water partition coefficient (Wildman–Crippen LogP) is -2.50. The summed E-state index contributed by atoms with van der Waals surface area (Å²) in [6, 6.07) is 2.79. The molecule has 0 atom stereocenters. The summed E-state index contributed by atoms with van der Waals surface area (Å²) in [4.78, 5) is 0. The summed E-state index contributed by atoms with van der Waals surface area (Å²) in [6.45, 7) is 1.39. The fraction of sp³-hybridized carbons (Fsp3) is 0.400. The number of hydrogen-bond acceptors (Lipinski definition) is 5. The maximum absolute atomic E-state index is 10.6. The molecule has 2 N–H and O–H groups in total. The minimum Gasteiger partial charge on any atom is -0.748 e. The van der Waals surface area contributed by atoms with E-state index in [1.54, 1.807) is 6.92 Å². The van der Waals surface area contributed by atoms with Gasteiger partial charge < -0.3 is 14.8 Å². The predicted molar refractivity (Wildman–Crippen MR) is 56.8 cm³/mol. The Morgan fingerprint density at radius 2 is 1.82 bits per heavy atom. The van der Waals surface area contributed by atoms with Crippen LogP contribution in [0.25, 0.3) is 0 Å². The molecule has 90 valence electrons. The van der Waals surface area contributed by atoms with Gasteiger partial charge in [0.05, 0.1) is 22.5 Å². The molecule has 0 aliphatic carbocycles. The monoisotopic (exact) mass is 268 g/mol. The normalized spacial score (nSPS) is 11.0. The van der Waals surface area contributed by atoms with E-state index in [1.807, 2.05) is 0 Å². The Morgan fingerprint density at radius 3 is 2.24 bits per heavy atom. The molecule has 1 aromatic carbocycles. The molecule has 0 unspecified atom stereocenters. The van der Waals surface area contributed by atoms with Crippen LogP contribution in [0.3, 0.4) is 0 Å². The molecule has 5 nitrogen and oxygen atoms in total. The number of aryl methyl sites for hydroxylation is 1. The molecular formula is C10H13NaO5S. The van der Waals surface area contributed by atoms with Gasteiger partial charge in [-0.15, -0.1) is 0 Å². The molecule has 1 rings (SSSR count). The second kappa shape index (κ2) is 6.72. The number of aliphatic hydroxyl groups excluding tert-OH is 1. The van der Waals surface area contributed by atoms with Crippen LogP contribution in [0.5, 0.6) is 5.75 Å². The fourth-order valence-corrected chi connectivity index (χ4v) is 2.08. The molecule has 17 heavy (non-hydrogen) atoms. The van der Waals surface area contributed by atoms with Gasteiger partial charge >= 0.3 is 29.6 Å². The summed E-state index contributed by atoms with van der Waals surface area (Å²) in [5, 5.41) is 18.6. The second-order valence-corrected chi connectivity index (χ2v) is 4.88. The average Bonchev–Trinajstić information content (AvgIpc) is 2.18. The molecule has 0 fully saturated rings. The average molecular weight is 268 g/mol. The van der Waals surface area contributed by atoms with E-state index in [1.165, 1.54) is 12.1 Å². The van der Waals surface area contributed by atoms with Crippen molar-refractivity contribution in [1.82, 2.24) is 0 Å². The molecule has 0 aliphatic rings. The molecule has 0 bridgehead atoms. The maximum Gasteiger partial charge on any atom is 1.00 e. The molecular weight excluding hydrogens is 255 g/mol. The number of rotatable bonds is 4. The van der Waals surface area contributed by atoms with E-state index in [0.717, 1.165) is 0 Å². The van der Waals surface area contributed by atoms with Crippen LogP contribution in [0, 0.1) is 0 Å². The van der Waals surface area contributed by atoms with E-state index in [2.05, 4.69) is 0 Å². The first kappa shape index (κ1) is 16.9. The van der Waals surface area contributed by atoms with Crippen molar-refractivity contribution in [2.45, 2.75) is 25.7 Å². The van der Waals surface area contributed by atoms with Crippen LogP contribution in [0.15, 0.2) is 12.1 Å². The molecule has 0 saturated carbocycles. The van der Waals surface area contributed by atoms with Crippen LogP contribution in [0.4, 0.5) is 0 Å². The second-order valence-electron chi connectivity index (χ2n) is 3.48. The third kappa shape index (κ3) is 4.95. The fourth-order valence-electron chi connectivity index (χ4n) is 1.51. The Balaban J connectivity index is 0.00000256. The summed E-state index contributed by atoms with van der Waals surface area (Å²) in [5.41, 5.74) is 1.04. The van der Waals surface area contributed by atoms with E-state index in [0.29, 0.717) is 12.0 Å². The van der Waals surface area contributed by atoms with Gasteiger partial charge in [-0.05, 0) is 23.6 Å². The van der Waals surface area contributed by atoms with Crippen LogP contribution in [-0.2, 0) is 28.9 Å². The van der Waals surface area contributed by atoms with Crippen LogP contribution in [-0.4, -0.2) is 23.2 Å². The van der Waals surface area contributed by atoms with Crippen molar-refractivity contribution in [1.29, 1.82) is 0 Å². The van der Waals surface area contributed by atoms with Gasteiger partial charge in [-0.25, -0.2) is 8.42 Å². The molecule has 0 saturated heterocycles. The molecule has 0 heterocycles. The van der Waals surface area contributed by atoms with Crippen molar-refractivity contribution in [3.63, 3.8) is 0 Å². The minimum atomic E-state index is -4.35. The largest absolute Gasteiger partial charge is 1.00 e. The van der Waals surface area contributed by atoms with Gasteiger partial charge in [0.1, 0.15) is 5.75 Å². The summed E-state index contributed by atoms with van der Waals surface area (Å²) < 4.78 is 31.8. The van der Waals surface area contributed by atoms with Crippen molar-refractivity contribution in [2.75, 3.05) is 0 Å². The van der Waals surface area contributed by atoms with Crippen LogP contribution >= 0.6 is 0 Å². The number of benzene rings is 1. The number of phenols is 1. The quantitative estimate of drug-likeness (QED) is 0.464. The van der Waals surface area contributed by atoms with Crippen LogP contribution < -0.4 is 29.6 Å². The first-order valence-electron chi connectivity index (χ1n) is 4.75. The smallest absolute Gasteiger partial charge is 0.748 e. The summed E-state index contributed by atoms with van der Waals surface area (Å²) in [5.74, 6) is -0.676. The first-order valence-corrected chi connectivity index (χ1v) is 6.33. The Morgan fingerprint density at radius 1 is 1.29 bits per heavy atom. The van der Waals surface area contributed by atoms with Gasteiger partial charge in [0.2, 0.25) is 0 Å². The van der Waals surface area contributed by atoms with Crippen molar-refractivity contribution < 1.29 is 52.7 Å². The molecule has 0 spiro atoms. The maximum atomic E-state index is 10.6. The van der Waals surface area contributed by atoms with Gasteiger partial charge in [0.25, 0.3) is 0 Å². The van der Waals surface area contributed by atoms with Gasteiger partial charge in [-0.3, -0.25) is 0 Å². The standard InChI is InChI=1S/C10H14O5S.Na/c1-2-8-3-7(6-16(13,14)15)4-9(5-11)10(8)12;/h3-4,11-12H,2,5-6H2,1H3,(H,13,14,15);/q;+1/p-1. The zero-order valence-corrected chi connectivity index (χ0v) is 12.6. The van der Waals surface area contributed by atoms with Gasteiger partial charge in [-0.1, -0.05) is 13.0 Å². The molecule has 0 radical (unpaired) electrons. The van der Waals surface area contributed by atoms with Crippen LogP contribution in [0.1, 0.15) is 23.6 Å². The molecule has 0 aromatic heterocycles. The third-order valence-electron chi connectivity index (χ3n) is 2.22. The Hall–Kier alpha value is -0.110. The van der Waals surface area contributed by atoms with Crippen molar-refractivity contribution in [3.8, 4) is 5.75 Å². The number of aromatic hydroxyl groups is 1. The molecule has 0 amide bonds. The van der Waals surface area contributed by atoms with E-state index >= 15 is 0 Å². The van der Waals surface area contributed by atoms with Gasteiger partial charge in [0.15, 0.2) is 0 Å². The third-order valence-corrected chi connectivity index (χ3v) is 2.91. The number of hydrogen-bond donors (Lipinski definition) is 2. The van der Waals surface area contributed by atoms with E-state index in [9.17, 15) is 18.1 Å². The van der Waals surface area contributed by atoms with Crippen molar-refractivity contribution >= 4 is 10.1 Å². The van der Waals surface area contributed by atoms with Gasteiger partial charge in [-0.2, -0.15) is 0 Å². The summed E-state index contributed by atoms with van der Waals surface area (Å²) in [7, 11) is -4.35. The zero-order chi connectivity index (χ0) is 12.3.